The highest BCUT2D eigenvalue weighted by molar-refractivity contribution is 5.71. The highest BCUT2D eigenvalue weighted by atomic mass is 16.6. The van der Waals surface area contributed by atoms with Crippen LogP contribution in [0.1, 0.15) is 271 Å². The van der Waals surface area contributed by atoms with Crippen LogP contribution >= 0.6 is 0 Å². The Balaban J connectivity index is 4.53. The number of hydrogen-bond acceptors (Lipinski definition) is 6. The van der Waals surface area contributed by atoms with E-state index in [1.54, 1.807) is 0 Å². The van der Waals surface area contributed by atoms with Crippen LogP contribution < -0.4 is 0 Å². The number of carbonyl (C=O) groups excluding carboxylic acids is 3. The standard InChI is InChI=1S/C66H110O6/c1-4-7-10-13-16-19-22-25-28-31-33-36-38-41-44-47-50-53-56-59-65(68)71-62-63(61-70-64(67)58-55-52-49-46-43-40-37-34-30-27-24-21-18-15-12-9-6-3)72-66(69)60-57-54-51-48-45-42-39-35-32-29-26-23-20-17-14-11-8-5-2/h7,10,16,18-19,21,25,27-28,30,33,36-37,40-41,44,50,53,63H,4-6,8-9,11-15,17,20,22-24,26,29,31-32,34-35,38-39,42-43,45-49,51-52,54-62H2,1-3H3/b10-7-,19-16-,21-18-,28-25-,30-27-,36-33-,40-37-,44-41-,53-50-/t63-/m1/s1. The maximum absolute atomic E-state index is 12.9. The Morgan fingerprint density at radius 1 is 0.292 bits per heavy atom. The lowest BCUT2D eigenvalue weighted by Gasteiger charge is -2.18. The first-order valence-corrected chi connectivity index (χ1v) is 29.9. The fourth-order valence-corrected chi connectivity index (χ4v) is 8.06. The number of unbranched alkanes of at least 4 members (excludes halogenated alkanes) is 24. The molecular formula is C66H110O6. The van der Waals surface area contributed by atoms with E-state index in [0.29, 0.717) is 19.3 Å². The van der Waals surface area contributed by atoms with Gasteiger partial charge in [-0.15, -0.1) is 0 Å². The quantitative estimate of drug-likeness (QED) is 0.0261. The van der Waals surface area contributed by atoms with Gasteiger partial charge in [-0.3, -0.25) is 14.4 Å². The third kappa shape index (κ3) is 57.0. The minimum atomic E-state index is -0.819. The fraction of sp³-hybridized carbons (Fsp3) is 0.682. The van der Waals surface area contributed by atoms with Gasteiger partial charge in [0.05, 0.1) is 0 Å². The number of esters is 3. The summed E-state index contributed by atoms with van der Waals surface area (Å²) in [5, 5.41) is 0. The van der Waals surface area contributed by atoms with Gasteiger partial charge in [-0.2, -0.15) is 0 Å². The van der Waals surface area contributed by atoms with Crippen LogP contribution in [0, 0.1) is 0 Å². The molecule has 0 heterocycles. The molecule has 72 heavy (non-hydrogen) atoms. The molecule has 0 aromatic rings. The van der Waals surface area contributed by atoms with Gasteiger partial charge in [0.25, 0.3) is 0 Å². The molecule has 0 aromatic carbocycles. The van der Waals surface area contributed by atoms with Gasteiger partial charge in [0.15, 0.2) is 6.10 Å². The van der Waals surface area contributed by atoms with Gasteiger partial charge in [0.2, 0.25) is 0 Å². The first kappa shape index (κ1) is 68.1. The maximum atomic E-state index is 12.9. The highest BCUT2D eigenvalue weighted by Gasteiger charge is 2.19. The summed E-state index contributed by atoms with van der Waals surface area (Å²) in [6.07, 6.45) is 80.9. The molecule has 0 aliphatic heterocycles. The zero-order valence-electron chi connectivity index (χ0n) is 46.9. The van der Waals surface area contributed by atoms with Gasteiger partial charge < -0.3 is 14.2 Å². The minimum Gasteiger partial charge on any atom is -0.462 e. The average molecular weight is 1000 g/mol. The van der Waals surface area contributed by atoms with Crippen molar-refractivity contribution in [2.75, 3.05) is 13.2 Å². The monoisotopic (exact) mass is 999 g/mol. The van der Waals surface area contributed by atoms with Crippen LogP contribution in [-0.2, 0) is 28.6 Å². The minimum absolute atomic E-state index is 0.112. The first-order valence-electron chi connectivity index (χ1n) is 29.9. The Labute approximate surface area is 444 Å². The number of allylic oxidation sites excluding steroid dienone is 18. The largest absolute Gasteiger partial charge is 0.462 e. The van der Waals surface area contributed by atoms with Gasteiger partial charge in [-0.05, 0) is 96.3 Å². The lowest BCUT2D eigenvalue weighted by atomic mass is 10.0. The van der Waals surface area contributed by atoms with E-state index in [2.05, 4.69) is 124 Å². The lowest BCUT2D eigenvalue weighted by molar-refractivity contribution is -0.166. The van der Waals surface area contributed by atoms with Crippen molar-refractivity contribution in [3.8, 4) is 0 Å². The van der Waals surface area contributed by atoms with Crippen molar-refractivity contribution in [3.63, 3.8) is 0 Å². The van der Waals surface area contributed by atoms with E-state index in [4.69, 9.17) is 14.2 Å². The second-order valence-corrected chi connectivity index (χ2v) is 19.5. The van der Waals surface area contributed by atoms with Crippen molar-refractivity contribution in [1.29, 1.82) is 0 Å². The smallest absolute Gasteiger partial charge is 0.306 e. The molecular weight excluding hydrogens is 889 g/mol. The first-order chi connectivity index (χ1) is 35.5. The number of carbonyl (C=O) groups is 3. The molecule has 0 spiro atoms. The molecule has 1 atom stereocenters. The molecule has 0 aliphatic rings. The van der Waals surface area contributed by atoms with Crippen LogP contribution in [0.15, 0.2) is 109 Å². The molecule has 0 saturated carbocycles. The van der Waals surface area contributed by atoms with Gasteiger partial charge in [0, 0.05) is 19.3 Å². The van der Waals surface area contributed by atoms with Crippen LogP contribution in [-0.4, -0.2) is 37.2 Å². The molecule has 0 aliphatic carbocycles. The van der Waals surface area contributed by atoms with Crippen LogP contribution in [0.2, 0.25) is 0 Å². The Kier molecular flexibility index (Phi) is 56.4. The summed E-state index contributed by atoms with van der Waals surface area (Å²) in [5.41, 5.74) is 0. The number of hydrogen-bond donors (Lipinski definition) is 0. The van der Waals surface area contributed by atoms with Crippen molar-refractivity contribution in [2.24, 2.45) is 0 Å². The molecule has 0 unspecified atom stereocenters. The van der Waals surface area contributed by atoms with Crippen LogP contribution in [0.5, 0.6) is 0 Å². The van der Waals surface area contributed by atoms with Gasteiger partial charge in [0.1, 0.15) is 13.2 Å². The summed E-state index contributed by atoms with van der Waals surface area (Å²) in [7, 11) is 0. The third-order valence-corrected chi connectivity index (χ3v) is 12.5. The predicted molar refractivity (Wildman–Crippen MR) is 311 cm³/mol. The lowest BCUT2D eigenvalue weighted by Crippen LogP contribution is -2.30. The Morgan fingerprint density at radius 2 is 0.569 bits per heavy atom. The zero-order valence-corrected chi connectivity index (χ0v) is 46.9. The fourth-order valence-electron chi connectivity index (χ4n) is 8.06. The van der Waals surface area contributed by atoms with Gasteiger partial charge >= 0.3 is 17.9 Å². The Hall–Kier alpha value is -3.93. The normalized spacial score (nSPS) is 12.9. The van der Waals surface area contributed by atoms with E-state index in [9.17, 15) is 14.4 Å². The van der Waals surface area contributed by atoms with Crippen LogP contribution in [0.25, 0.3) is 0 Å². The summed E-state index contributed by atoms with van der Waals surface area (Å²) < 4.78 is 16.8. The van der Waals surface area contributed by atoms with Crippen molar-refractivity contribution >= 4 is 17.9 Å². The SMILES string of the molecule is CC/C=C\C/C=C\C/C=C\C/C=C\C/C=C\C/C=C\CCC(=O)OC[C@@H](COC(=O)CCCCCC/C=C\C/C=C\C/C=C\CCCCC)OC(=O)CCCCCCCCCCCCCCCCCCCC. The van der Waals surface area contributed by atoms with E-state index in [0.717, 1.165) is 103 Å². The van der Waals surface area contributed by atoms with Crippen molar-refractivity contribution in [1.82, 2.24) is 0 Å². The molecule has 6 heteroatoms. The Morgan fingerprint density at radius 3 is 0.958 bits per heavy atom. The number of ether oxygens (including phenoxy) is 3. The second kappa shape index (κ2) is 59.6. The molecule has 6 nitrogen and oxygen atoms in total. The van der Waals surface area contributed by atoms with Gasteiger partial charge in [-0.25, -0.2) is 0 Å². The van der Waals surface area contributed by atoms with Crippen molar-refractivity contribution in [2.45, 2.75) is 277 Å². The van der Waals surface area contributed by atoms with Crippen LogP contribution in [0.4, 0.5) is 0 Å². The highest BCUT2D eigenvalue weighted by Crippen LogP contribution is 2.16. The van der Waals surface area contributed by atoms with E-state index < -0.39 is 6.10 Å². The molecule has 0 amide bonds. The Bertz CT molecular complexity index is 1470. The summed E-state index contributed by atoms with van der Waals surface area (Å²) in [5.74, 6) is -1.01. The van der Waals surface area contributed by atoms with Crippen molar-refractivity contribution in [3.05, 3.63) is 109 Å². The molecule has 0 N–H and O–H groups in total. The summed E-state index contributed by atoms with van der Waals surface area (Å²) >= 11 is 0. The van der Waals surface area contributed by atoms with Crippen molar-refractivity contribution < 1.29 is 28.6 Å². The molecule has 0 saturated heterocycles. The third-order valence-electron chi connectivity index (χ3n) is 12.5. The molecule has 0 rings (SSSR count). The van der Waals surface area contributed by atoms with E-state index >= 15 is 0 Å². The van der Waals surface area contributed by atoms with E-state index in [1.165, 1.54) is 122 Å². The average Bonchev–Trinajstić information content (AvgIpc) is 3.38. The summed E-state index contributed by atoms with van der Waals surface area (Å²) in [6, 6.07) is 0. The topological polar surface area (TPSA) is 78.9 Å². The van der Waals surface area contributed by atoms with Gasteiger partial charge in [-0.1, -0.05) is 265 Å². The second-order valence-electron chi connectivity index (χ2n) is 19.5. The zero-order chi connectivity index (χ0) is 52.2. The van der Waals surface area contributed by atoms with E-state index in [1.807, 2.05) is 6.08 Å². The predicted octanol–water partition coefficient (Wildman–Crippen LogP) is 20.3. The molecule has 410 valence electrons. The molecule has 0 fully saturated rings. The molecule has 0 radical (unpaired) electrons. The molecule has 0 aromatic heterocycles. The summed E-state index contributed by atoms with van der Waals surface area (Å²) in [6.45, 7) is 6.43. The summed E-state index contributed by atoms with van der Waals surface area (Å²) in [4.78, 5) is 38.2. The van der Waals surface area contributed by atoms with E-state index in [-0.39, 0.29) is 37.5 Å². The number of rotatable bonds is 53. The molecule has 0 bridgehead atoms. The van der Waals surface area contributed by atoms with Crippen LogP contribution in [0.3, 0.4) is 0 Å². The maximum Gasteiger partial charge on any atom is 0.306 e.